The Morgan fingerprint density at radius 2 is 1.93 bits per heavy atom. The highest BCUT2D eigenvalue weighted by atomic mass is 16.5. The SMILES string of the molecule is COC(=O)c1ccc([C@H](C)NC(=O)C2c3ccccc3CCN2CCO)cc1. The van der Waals surface area contributed by atoms with Gasteiger partial charge in [0.15, 0.2) is 0 Å². The number of nitrogens with one attached hydrogen (secondary N) is 1. The molecular formula is C22H26N2O4. The second-order valence-electron chi connectivity index (χ2n) is 6.95. The fourth-order valence-electron chi connectivity index (χ4n) is 3.70. The Hall–Kier alpha value is -2.70. The Balaban J connectivity index is 1.77. The van der Waals surface area contributed by atoms with Gasteiger partial charge in [-0.25, -0.2) is 4.79 Å². The molecule has 1 unspecified atom stereocenters. The summed E-state index contributed by atoms with van der Waals surface area (Å²) in [7, 11) is 1.35. The van der Waals surface area contributed by atoms with Crippen molar-refractivity contribution in [3.8, 4) is 0 Å². The Labute approximate surface area is 165 Å². The summed E-state index contributed by atoms with van der Waals surface area (Å²) in [6, 6.07) is 14.3. The zero-order chi connectivity index (χ0) is 20.1. The van der Waals surface area contributed by atoms with Gasteiger partial charge in [0.2, 0.25) is 5.91 Å². The minimum absolute atomic E-state index is 0.0104. The van der Waals surface area contributed by atoms with Crippen molar-refractivity contribution >= 4 is 11.9 Å². The number of amides is 1. The quantitative estimate of drug-likeness (QED) is 0.749. The van der Waals surface area contributed by atoms with E-state index in [1.807, 2.05) is 42.2 Å². The van der Waals surface area contributed by atoms with Gasteiger partial charge in [0, 0.05) is 13.1 Å². The molecule has 6 nitrogen and oxygen atoms in total. The molecule has 148 valence electrons. The molecule has 2 N–H and O–H groups in total. The van der Waals surface area contributed by atoms with Crippen LogP contribution in [0.4, 0.5) is 0 Å². The Kier molecular flexibility index (Phi) is 6.44. The van der Waals surface area contributed by atoms with Crippen molar-refractivity contribution in [3.63, 3.8) is 0 Å². The summed E-state index contributed by atoms with van der Waals surface area (Å²) < 4.78 is 4.71. The number of rotatable bonds is 6. The Morgan fingerprint density at radius 3 is 2.61 bits per heavy atom. The highest BCUT2D eigenvalue weighted by Crippen LogP contribution is 2.30. The molecule has 2 aromatic rings. The largest absolute Gasteiger partial charge is 0.465 e. The van der Waals surface area contributed by atoms with Gasteiger partial charge in [-0.3, -0.25) is 9.69 Å². The number of carbonyl (C=O) groups is 2. The molecule has 0 radical (unpaired) electrons. The third-order valence-corrected chi connectivity index (χ3v) is 5.21. The number of esters is 1. The lowest BCUT2D eigenvalue weighted by Crippen LogP contribution is -2.46. The first-order valence-corrected chi connectivity index (χ1v) is 9.46. The molecule has 1 heterocycles. The number of fused-ring (bicyclic) bond motifs is 1. The van der Waals surface area contributed by atoms with Crippen LogP contribution in [0, 0.1) is 0 Å². The van der Waals surface area contributed by atoms with Gasteiger partial charge in [0.25, 0.3) is 0 Å². The number of methoxy groups -OCH3 is 1. The summed E-state index contributed by atoms with van der Waals surface area (Å²) >= 11 is 0. The third kappa shape index (κ3) is 4.24. The van der Waals surface area contributed by atoms with E-state index >= 15 is 0 Å². The predicted octanol–water partition coefficient (Wildman–Crippen LogP) is 2.24. The summed E-state index contributed by atoms with van der Waals surface area (Å²) in [6.45, 7) is 3.11. The van der Waals surface area contributed by atoms with Crippen LogP contribution in [-0.4, -0.2) is 48.7 Å². The maximum Gasteiger partial charge on any atom is 0.337 e. The zero-order valence-corrected chi connectivity index (χ0v) is 16.2. The van der Waals surface area contributed by atoms with Gasteiger partial charge in [-0.15, -0.1) is 0 Å². The van der Waals surface area contributed by atoms with Gasteiger partial charge in [0.1, 0.15) is 6.04 Å². The molecule has 0 bridgehead atoms. The molecule has 0 fully saturated rings. The first kappa shape index (κ1) is 20.0. The van der Waals surface area contributed by atoms with Crippen molar-refractivity contribution in [1.29, 1.82) is 0 Å². The zero-order valence-electron chi connectivity index (χ0n) is 16.2. The molecule has 0 aliphatic carbocycles. The third-order valence-electron chi connectivity index (χ3n) is 5.21. The van der Waals surface area contributed by atoms with Crippen LogP contribution >= 0.6 is 0 Å². The molecule has 1 amide bonds. The van der Waals surface area contributed by atoms with Crippen molar-refractivity contribution in [2.45, 2.75) is 25.4 Å². The first-order chi connectivity index (χ1) is 13.5. The van der Waals surface area contributed by atoms with Crippen LogP contribution in [0.25, 0.3) is 0 Å². The molecule has 0 saturated carbocycles. The number of ether oxygens (including phenoxy) is 1. The van der Waals surface area contributed by atoms with Crippen LogP contribution in [0.1, 0.15) is 46.1 Å². The highest BCUT2D eigenvalue weighted by molar-refractivity contribution is 5.89. The number of hydrogen-bond donors (Lipinski definition) is 2. The van der Waals surface area contributed by atoms with Crippen molar-refractivity contribution in [2.24, 2.45) is 0 Å². The lowest BCUT2D eigenvalue weighted by Gasteiger charge is -2.36. The van der Waals surface area contributed by atoms with E-state index in [0.717, 1.165) is 24.1 Å². The average Bonchev–Trinajstić information content (AvgIpc) is 2.73. The fourth-order valence-corrected chi connectivity index (χ4v) is 3.70. The molecule has 2 atom stereocenters. The number of hydrogen-bond acceptors (Lipinski definition) is 5. The van der Waals surface area contributed by atoms with E-state index in [1.54, 1.807) is 12.1 Å². The molecular weight excluding hydrogens is 356 g/mol. The smallest absolute Gasteiger partial charge is 0.337 e. The van der Waals surface area contributed by atoms with Crippen molar-refractivity contribution in [3.05, 3.63) is 70.8 Å². The summed E-state index contributed by atoms with van der Waals surface area (Å²) in [5, 5.41) is 12.5. The standard InChI is InChI=1S/C22H26N2O4/c1-15(16-7-9-18(10-8-16)22(27)28-2)23-21(26)20-19-6-4-3-5-17(19)11-12-24(20)13-14-25/h3-10,15,20,25H,11-14H2,1-2H3,(H,23,26)/t15-,20?/m0/s1. The number of aliphatic hydroxyl groups is 1. The molecule has 1 aliphatic rings. The monoisotopic (exact) mass is 382 g/mol. The molecule has 2 aromatic carbocycles. The molecule has 0 saturated heterocycles. The van der Waals surface area contributed by atoms with Crippen molar-refractivity contribution < 1.29 is 19.4 Å². The van der Waals surface area contributed by atoms with E-state index in [-0.39, 0.29) is 24.5 Å². The minimum atomic E-state index is -0.422. The van der Waals surface area contributed by atoms with E-state index in [4.69, 9.17) is 4.74 Å². The van der Waals surface area contributed by atoms with Gasteiger partial charge < -0.3 is 15.2 Å². The summed E-state index contributed by atoms with van der Waals surface area (Å²) in [6.07, 6.45) is 0.866. The van der Waals surface area contributed by atoms with E-state index < -0.39 is 6.04 Å². The van der Waals surface area contributed by atoms with Crippen molar-refractivity contribution in [2.75, 3.05) is 26.8 Å². The van der Waals surface area contributed by atoms with Crippen molar-refractivity contribution in [1.82, 2.24) is 10.2 Å². The van der Waals surface area contributed by atoms with Crippen LogP contribution in [0.3, 0.4) is 0 Å². The molecule has 1 aliphatic heterocycles. The fraction of sp³-hybridized carbons (Fsp3) is 0.364. The van der Waals surface area contributed by atoms with Gasteiger partial charge in [-0.2, -0.15) is 0 Å². The summed E-state index contributed by atoms with van der Waals surface area (Å²) in [5.74, 6) is -0.480. The van der Waals surface area contributed by atoms with Gasteiger partial charge in [-0.05, 0) is 42.2 Å². The van der Waals surface area contributed by atoms with Crippen LogP contribution < -0.4 is 5.32 Å². The molecule has 6 heteroatoms. The lowest BCUT2D eigenvalue weighted by atomic mass is 9.91. The summed E-state index contributed by atoms with van der Waals surface area (Å²) in [5.41, 5.74) is 3.54. The lowest BCUT2D eigenvalue weighted by molar-refractivity contribution is -0.128. The summed E-state index contributed by atoms with van der Waals surface area (Å²) in [4.78, 5) is 26.7. The number of nitrogens with zero attached hydrogens (tertiary/aromatic N) is 1. The first-order valence-electron chi connectivity index (χ1n) is 9.46. The average molecular weight is 382 g/mol. The number of benzene rings is 2. The van der Waals surface area contributed by atoms with E-state index in [1.165, 1.54) is 12.7 Å². The topological polar surface area (TPSA) is 78.9 Å². The predicted molar refractivity (Wildman–Crippen MR) is 106 cm³/mol. The molecule has 0 aromatic heterocycles. The maximum absolute atomic E-state index is 13.1. The molecule has 28 heavy (non-hydrogen) atoms. The molecule has 0 spiro atoms. The van der Waals surface area contributed by atoms with Crippen LogP contribution in [0.15, 0.2) is 48.5 Å². The normalized spacial score (nSPS) is 17.5. The van der Waals surface area contributed by atoms with Crippen LogP contribution in [0.2, 0.25) is 0 Å². The van der Waals surface area contributed by atoms with Crippen LogP contribution in [0.5, 0.6) is 0 Å². The van der Waals surface area contributed by atoms with E-state index in [9.17, 15) is 14.7 Å². The van der Waals surface area contributed by atoms with Gasteiger partial charge in [0.05, 0.1) is 25.3 Å². The number of aliphatic hydroxyl groups excluding tert-OH is 1. The van der Waals surface area contributed by atoms with E-state index in [0.29, 0.717) is 12.1 Å². The van der Waals surface area contributed by atoms with Crippen LogP contribution in [-0.2, 0) is 16.0 Å². The Morgan fingerprint density at radius 1 is 1.21 bits per heavy atom. The Bertz CT molecular complexity index is 835. The van der Waals surface area contributed by atoms with Gasteiger partial charge >= 0.3 is 5.97 Å². The second kappa shape index (κ2) is 8.99. The number of carbonyl (C=O) groups excluding carboxylic acids is 2. The van der Waals surface area contributed by atoms with Gasteiger partial charge in [-0.1, -0.05) is 36.4 Å². The molecule has 3 rings (SSSR count). The van der Waals surface area contributed by atoms with E-state index in [2.05, 4.69) is 11.4 Å². The second-order valence-corrected chi connectivity index (χ2v) is 6.95. The highest BCUT2D eigenvalue weighted by Gasteiger charge is 2.33. The maximum atomic E-state index is 13.1. The number of β-amino-alcohol motifs (C(OH)–C–C–N with tert-alkyl or cyclic N) is 1. The minimum Gasteiger partial charge on any atom is -0.465 e.